The van der Waals surface area contributed by atoms with Crippen molar-refractivity contribution in [3.05, 3.63) is 42.5 Å². The molecule has 0 aliphatic rings. The highest BCUT2D eigenvalue weighted by Gasteiger charge is 2.17. The van der Waals surface area contributed by atoms with Gasteiger partial charge in [0.25, 0.3) is 0 Å². The molecule has 0 unspecified atom stereocenters. The van der Waals surface area contributed by atoms with Crippen molar-refractivity contribution >= 4 is 12.6 Å². The second-order valence-corrected chi connectivity index (χ2v) is 7.41. The van der Waals surface area contributed by atoms with Gasteiger partial charge < -0.3 is 14.9 Å². The van der Waals surface area contributed by atoms with E-state index in [0.29, 0.717) is 23.0 Å². The molecule has 3 aromatic rings. The summed E-state index contributed by atoms with van der Waals surface area (Å²) in [6, 6.07) is 12.0. The molecular weight excluding hydrogens is 386 g/mol. The standard InChI is InChI=1S/C22H27N3O3S/c1-2-3-4-5-6-7-14-28-18-11-8-16(9-12-18)21-22(29)23-24-25(21)19-13-10-17(26)15-20(19)27/h8-13,15,26-27,29H,2-7,14H2,1H3. The quantitative estimate of drug-likeness (QED) is 0.307. The van der Waals surface area contributed by atoms with Gasteiger partial charge in [-0.1, -0.05) is 44.2 Å². The average molecular weight is 414 g/mol. The van der Waals surface area contributed by atoms with Crippen molar-refractivity contribution in [1.82, 2.24) is 15.0 Å². The van der Waals surface area contributed by atoms with E-state index in [1.807, 2.05) is 24.3 Å². The topological polar surface area (TPSA) is 80.4 Å². The normalized spacial score (nSPS) is 11.0. The van der Waals surface area contributed by atoms with Crippen molar-refractivity contribution in [3.63, 3.8) is 0 Å². The maximum atomic E-state index is 10.2. The number of aromatic hydroxyl groups is 2. The first-order chi connectivity index (χ1) is 14.1. The van der Waals surface area contributed by atoms with Crippen molar-refractivity contribution in [2.45, 2.75) is 50.5 Å². The van der Waals surface area contributed by atoms with Crippen LogP contribution in [0.3, 0.4) is 0 Å². The second-order valence-electron chi connectivity index (χ2n) is 6.99. The molecule has 1 heterocycles. The maximum absolute atomic E-state index is 10.2. The lowest BCUT2D eigenvalue weighted by Gasteiger charge is -2.10. The number of aromatic nitrogens is 3. The van der Waals surface area contributed by atoms with Gasteiger partial charge in [0, 0.05) is 11.6 Å². The molecular formula is C22H27N3O3S. The van der Waals surface area contributed by atoms with Gasteiger partial charge in [-0.25, -0.2) is 4.68 Å². The Morgan fingerprint density at radius 2 is 1.69 bits per heavy atom. The molecule has 0 bridgehead atoms. The number of rotatable bonds is 10. The monoisotopic (exact) mass is 413 g/mol. The number of phenolic OH excluding ortho intramolecular Hbond substituents is 2. The van der Waals surface area contributed by atoms with Crippen molar-refractivity contribution in [3.8, 4) is 34.2 Å². The molecule has 7 heteroatoms. The molecule has 0 fully saturated rings. The number of phenols is 2. The van der Waals surface area contributed by atoms with Crippen LogP contribution in [0.25, 0.3) is 16.9 Å². The van der Waals surface area contributed by atoms with Crippen molar-refractivity contribution in [1.29, 1.82) is 0 Å². The fourth-order valence-electron chi connectivity index (χ4n) is 3.17. The van der Waals surface area contributed by atoms with Crippen LogP contribution in [0.5, 0.6) is 17.2 Å². The third-order valence-corrected chi connectivity index (χ3v) is 5.04. The largest absolute Gasteiger partial charge is 0.508 e. The Hall–Kier alpha value is -2.67. The van der Waals surface area contributed by atoms with Gasteiger partial charge in [0.2, 0.25) is 0 Å². The highest BCUT2D eigenvalue weighted by atomic mass is 32.1. The average Bonchev–Trinajstić information content (AvgIpc) is 3.09. The zero-order valence-electron chi connectivity index (χ0n) is 16.6. The summed E-state index contributed by atoms with van der Waals surface area (Å²) in [5, 5.41) is 28.2. The summed E-state index contributed by atoms with van der Waals surface area (Å²) in [6.07, 6.45) is 7.39. The summed E-state index contributed by atoms with van der Waals surface area (Å²) in [5.41, 5.74) is 1.91. The van der Waals surface area contributed by atoms with Crippen molar-refractivity contribution < 1.29 is 14.9 Å². The van der Waals surface area contributed by atoms with E-state index in [4.69, 9.17) is 4.74 Å². The molecule has 0 radical (unpaired) electrons. The van der Waals surface area contributed by atoms with E-state index in [9.17, 15) is 10.2 Å². The van der Waals surface area contributed by atoms with Crippen LogP contribution >= 0.6 is 12.6 Å². The molecule has 3 rings (SSSR count). The Kier molecular flexibility index (Phi) is 7.41. The van der Waals surface area contributed by atoms with E-state index in [2.05, 4.69) is 29.9 Å². The highest BCUT2D eigenvalue weighted by Crippen LogP contribution is 2.33. The number of ether oxygens (including phenoxy) is 1. The SMILES string of the molecule is CCCCCCCCOc1ccc(-c2c(S)nnn2-c2ccc(O)cc2O)cc1. The van der Waals surface area contributed by atoms with E-state index in [1.165, 1.54) is 48.9 Å². The minimum absolute atomic E-state index is 0.0223. The predicted octanol–water partition coefficient (Wildman–Crippen LogP) is 5.37. The molecule has 0 saturated carbocycles. The molecule has 0 aliphatic carbocycles. The molecule has 0 saturated heterocycles. The Morgan fingerprint density at radius 3 is 2.41 bits per heavy atom. The number of nitrogens with zero attached hydrogens (tertiary/aromatic N) is 3. The minimum Gasteiger partial charge on any atom is -0.508 e. The van der Waals surface area contributed by atoms with Gasteiger partial charge in [0.05, 0.1) is 6.61 Å². The van der Waals surface area contributed by atoms with E-state index < -0.39 is 0 Å². The van der Waals surface area contributed by atoms with Crippen LogP contribution < -0.4 is 4.74 Å². The Labute approximate surface area is 176 Å². The molecule has 0 atom stereocenters. The third kappa shape index (κ3) is 5.44. The van der Waals surface area contributed by atoms with Gasteiger partial charge in [-0.05, 0) is 42.8 Å². The van der Waals surface area contributed by atoms with Crippen LogP contribution in [0.15, 0.2) is 47.5 Å². The molecule has 6 nitrogen and oxygen atoms in total. The Balaban J connectivity index is 1.67. The fourth-order valence-corrected chi connectivity index (χ4v) is 3.43. The van der Waals surface area contributed by atoms with Gasteiger partial charge in [-0.15, -0.1) is 17.7 Å². The predicted molar refractivity (Wildman–Crippen MR) is 116 cm³/mol. The molecule has 0 amide bonds. The van der Waals surface area contributed by atoms with Gasteiger partial charge in [0.1, 0.15) is 33.7 Å². The Bertz CT molecular complexity index is 926. The van der Waals surface area contributed by atoms with Gasteiger partial charge in [-0.3, -0.25) is 0 Å². The summed E-state index contributed by atoms with van der Waals surface area (Å²) in [7, 11) is 0. The molecule has 0 spiro atoms. The molecule has 1 aromatic heterocycles. The number of hydrogen-bond donors (Lipinski definition) is 3. The minimum atomic E-state index is -0.0941. The summed E-state index contributed by atoms with van der Waals surface area (Å²) in [5.74, 6) is 0.698. The van der Waals surface area contributed by atoms with E-state index in [1.54, 1.807) is 6.07 Å². The summed E-state index contributed by atoms with van der Waals surface area (Å²) in [6.45, 7) is 2.93. The summed E-state index contributed by atoms with van der Waals surface area (Å²) in [4.78, 5) is 0. The van der Waals surface area contributed by atoms with Crippen LogP contribution in [0.4, 0.5) is 0 Å². The first-order valence-corrected chi connectivity index (χ1v) is 10.4. The maximum Gasteiger partial charge on any atom is 0.145 e. The third-order valence-electron chi connectivity index (χ3n) is 4.73. The van der Waals surface area contributed by atoms with Crippen LogP contribution in [0.2, 0.25) is 0 Å². The van der Waals surface area contributed by atoms with Crippen LogP contribution in [0.1, 0.15) is 45.4 Å². The van der Waals surface area contributed by atoms with E-state index in [-0.39, 0.29) is 11.5 Å². The lowest BCUT2D eigenvalue weighted by Crippen LogP contribution is -2.00. The van der Waals surface area contributed by atoms with E-state index >= 15 is 0 Å². The zero-order chi connectivity index (χ0) is 20.6. The van der Waals surface area contributed by atoms with Crippen LogP contribution in [-0.2, 0) is 0 Å². The van der Waals surface area contributed by atoms with E-state index in [0.717, 1.165) is 17.7 Å². The second kappa shape index (κ2) is 10.2. The fraction of sp³-hybridized carbons (Fsp3) is 0.364. The molecule has 29 heavy (non-hydrogen) atoms. The smallest absolute Gasteiger partial charge is 0.145 e. The highest BCUT2D eigenvalue weighted by molar-refractivity contribution is 7.80. The van der Waals surface area contributed by atoms with Crippen LogP contribution in [-0.4, -0.2) is 31.8 Å². The lowest BCUT2D eigenvalue weighted by molar-refractivity contribution is 0.304. The molecule has 154 valence electrons. The molecule has 0 aliphatic heterocycles. The molecule has 2 N–H and O–H groups in total. The lowest BCUT2D eigenvalue weighted by atomic mass is 10.1. The molecule has 2 aromatic carbocycles. The van der Waals surface area contributed by atoms with Crippen molar-refractivity contribution in [2.24, 2.45) is 0 Å². The van der Waals surface area contributed by atoms with Crippen LogP contribution in [0, 0.1) is 0 Å². The summed E-state index contributed by atoms with van der Waals surface area (Å²) >= 11 is 4.41. The number of thiol groups is 1. The van der Waals surface area contributed by atoms with Gasteiger partial charge in [0.15, 0.2) is 0 Å². The first-order valence-electron chi connectivity index (χ1n) is 10.0. The number of benzene rings is 2. The van der Waals surface area contributed by atoms with Gasteiger partial charge in [-0.2, -0.15) is 0 Å². The number of hydrogen-bond acceptors (Lipinski definition) is 6. The summed E-state index contributed by atoms with van der Waals surface area (Å²) < 4.78 is 7.34. The first kappa shape index (κ1) is 21.0. The number of unbranched alkanes of at least 4 members (excludes halogenated alkanes) is 5. The van der Waals surface area contributed by atoms with Crippen molar-refractivity contribution in [2.75, 3.05) is 6.61 Å². The Morgan fingerprint density at radius 1 is 0.966 bits per heavy atom. The van der Waals surface area contributed by atoms with Gasteiger partial charge >= 0.3 is 0 Å². The zero-order valence-corrected chi connectivity index (χ0v) is 17.5.